The number of halogens is 1. The zero-order chi connectivity index (χ0) is 18.1. The highest BCUT2D eigenvalue weighted by atomic mass is 19.1. The van der Waals surface area contributed by atoms with Crippen molar-refractivity contribution in [2.75, 3.05) is 26.4 Å². The lowest BCUT2D eigenvalue weighted by Crippen LogP contribution is -2.38. The van der Waals surface area contributed by atoms with Gasteiger partial charge in [0.05, 0.1) is 6.61 Å². The summed E-state index contributed by atoms with van der Waals surface area (Å²) in [5.41, 5.74) is 1.64. The zero-order valence-electron chi connectivity index (χ0n) is 15.5. The molecule has 5 nitrogen and oxygen atoms in total. The summed E-state index contributed by atoms with van der Waals surface area (Å²) >= 11 is 0. The third kappa shape index (κ3) is 6.53. The van der Waals surface area contributed by atoms with Crippen LogP contribution in [0.15, 0.2) is 17.1 Å². The first-order valence-corrected chi connectivity index (χ1v) is 9.14. The second-order valence-electron chi connectivity index (χ2n) is 6.64. The van der Waals surface area contributed by atoms with E-state index >= 15 is 0 Å². The number of aliphatic imine (C=N–C) groups is 1. The maximum absolute atomic E-state index is 13.8. The molecule has 0 fully saturated rings. The standard InChI is InChI=1S/C19H30FN3O2/c1-4-21-19(22-8-5-6-14(2)3)23-9-7-15-10-17(20)11-16-12-24-13-25-18(15)16/h10-11,14H,4-9,12-13H2,1-3H3,(H2,21,22,23). The zero-order valence-corrected chi connectivity index (χ0v) is 15.5. The number of ether oxygens (including phenoxy) is 2. The van der Waals surface area contributed by atoms with Gasteiger partial charge in [0.2, 0.25) is 0 Å². The Balaban J connectivity index is 1.89. The lowest BCUT2D eigenvalue weighted by Gasteiger charge is -2.21. The molecule has 0 atom stereocenters. The molecule has 0 saturated carbocycles. The average Bonchev–Trinajstić information content (AvgIpc) is 2.58. The van der Waals surface area contributed by atoms with Gasteiger partial charge in [0, 0.05) is 25.2 Å². The second kappa shape index (κ2) is 10.2. The molecule has 1 aromatic carbocycles. The van der Waals surface area contributed by atoms with Gasteiger partial charge >= 0.3 is 0 Å². The van der Waals surface area contributed by atoms with Crippen LogP contribution in [0, 0.1) is 11.7 Å². The first-order chi connectivity index (χ1) is 12.1. The molecule has 0 aromatic heterocycles. The molecule has 1 heterocycles. The Morgan fingerprint density at radius 3 is 2.92 bits per heavy atom. The lowest BCUT2D eigenvalue weighted by molar-refractivity contribution is -0.0172. The normalized spacial score (nSPS) is 14.2. The summed E-state index contributed by atoms with van der Waals surface area (Å²) in [7, 11) is 0. The van der Waals surface area contributed by atoms with Gasteiger partial charge in [-0.2, -0.15) is 0 Å². The highest BCUT2D eigenvalue weighted by Crippen LogP contribution is 2.29. The third-order valence-electron chi connectivity index (χ3n) is 3.99. The summed E-state index contributed by atoms with van der Waals surface area (Å²) in [6.07, 6.45) is 2.92. The fourth-order valence-corrected chi connectivity index (χ4v) is 2.79. The fraction of sp³-hybridized carbons (Fsp3) is 0.632. The summed E-state index contributed by atoms with van der Waals surface area (Å²) in [6.45, 7) is 9.39. The van der Waals surface area contributed by atoms with Crippen LogP contribution in [0.2, 0.25) is 0 Å². The van der Waals surface area contributed by atoms with Crippen LogP contribution in [0.1, 0.15) is 44.7 Å². The van der Waals surface area contributed by atoms with Crippen LogP contribution < -0.4 is 15.4 Å². The monoisotopic (exact) mass is 351 g/mol. The van der Waals surface area contributed by atoms with Gasteiger partial charge in [0.15, 0.2) is 12.8 Å². The van der Waals surface area contributed by atoms with Crippen molar-refractivity contribution in [2.24, 2.45) is 10.9 Å². The second-order valence-corrected chi connectivity index (χ2v) is 6.64. The summed E-state index contributed by atoms with van der Waals surface area (Å²) < 4.78 is 24.5. The van der Waals surface area contributed by atoms with E-state index in [2.05, 4.69) is 29.5 Å². The molecule has 1 aliphatic rings. The number of hydrogen-bond donors (Lipinski definition) is 2. The lowest BCUT2D eigenvalue weighted by atomic mass is 10.1. The summed E-state index contributed by atoms with van der Waals surface area (Å²) in [5, 5.41) is 6.56. The van der Waals surface area contributed by atoms with Crippen LogP contribution in [0.3, 0.4) is 0 Å². The first-order valence-electron chi connectivity index (χ1n) is 9.14. The molecule has 0 radical (unpaired) electrons. The third-order valence-corrected chi connectivity index (χ3v) is 3.99. The van der Waals surface area contributed by atoms with E-state index in [9.17, 15) is 4.39 Å². The Hall–Kier alpha value is -1.82. The number of fused-ring (bicyclic) bond motifs is 1. The SMILES string of the molecule is CCNC(=NCCCC(C)C)NCCc1cc(F)cc2c1OCOC2. The number of nitrogens with one attached hydrogen (secondary N) is 2. The maximum Gasteiger partial charge on any atom is 0.191 e. The van der Waals surface area contributed by atoms with E-state index in [1.165, 1.54) is 12.5 Å². The summed E-state index contributed by atoms with van der Waals surface area (Å²) in [5.74, 6) is 2.01. The van der Waals surface area contributed by atoms with Crippen LogP contribution >= 0.6 is 0 Å². The average molecular weight is 351 g/mol. The molecule has 6 heteroatoms. The Kier molecular flexibility index (Phi) is 7.98. The summed E-state index contributed by atoms with van der Waals surface area (Å²) in [4.78, 5) is 4.59. The number of guanidine groups is 1. The van der Waals surface area contributed by atoms with Crippen molar-refractivity contribution in [3.63, 3.8) is 0 Å². The molecule has 0 bridgehead atoms. The van der Waals surface area contributed by atoms with Crippen LogP contribution in [-0.4, -0.2) is 32.4 Å². The Bertz CT molecular complexity index is 576. The largest absolute Gasteiger partial charge is 0.467 e. The number of hydrogen-bond acceptors (Lipinski definition) is 3. The molecule has 1 aliphatic heterocycles. The smallest absolute Gasteiger partial charge is 0.191 e. The van der Waals surface area contributed by atoms with Crippen LogP contribution in [0.25, 0.3) is 0 Å². The Labute approximate surface area is 150 Å². The molecule has 1 aromatic rings. The molecular formula is C19H30FN3O2. The van der Waals surface area contributed by atoms with E-state index in [0.717, 1.165) is 42.3 Å². The van der Waals surface area contributed by atoms with Crippen molar-refractivity contribution in [3.05, 3.63) is 29.1 Å². The van der Waals surface area contributed by atoms with Crippen molar-refractivity contribution < 1.29 is 13.9 Å². The number of rotatable bonds is 8. The Morgan fingerprint density at radius 1 is 1.32 bits per heavy atom. The maximum atomic E-state index is 13.8. The predicted molar refractivity (Wildman–Crippen MR) is 98.4 cm³/mol. The van der Waals surface area contributed by atoms with Crippen LogP contribution in [0.4, 0.5) is 4.39 Å². The van der Waals surface area contributed by atoms with E-state index in [4.69, 9.17) is 9.47 Å². The predicted octanol–water partition coefficient (Wildman–Crippen LogP) is 3.23. The van der Waals surface area contributed by atoms with Crippen molar-refractivity contribution >= 4 is 5.96 Å². The number of nitrogens with zero attached hydrogens (tertiary/aromatic N) is 1. The molecule has 2 rings (SSSR count). The fourth-order valence-electron chi connectivity index (χ4n) is 2.79. The van der Waals surface area contributed by atoms with Gasteiger partial charge < -0.3 is 20.1 Å². The van der Waals surface area contributed by atoms with Crippen molar-refractivity contribution in [1.82, 2.24) is 10.6 Å². The minimum atomic E-state index is -0.253. The van der Waals surface area contributed by atoms with E-state index < -0.39 is 0 Å². The van der Waals surface area contributed by atoms with Gasteiger partial charge in [-0.25, -0.2) is 4.39 Å². The van der Waals surface area contributed by atoms with E-state index in [0.29, 0.717) is 25.5 Å². The van der Waals surface area contributed by atoms with E-state index in [1.807, 2.05) is 6.92 Å². The molecule has 0 amide bonds. The minimum absolute atomic E-state index is 0.221. The van der Waals surface area contributed by atoms with Gasteiger partial charge in [-0.1, -0.05) is 13.8 Å². The Morgan fingerprint density at radius 2 is 2.16 bits per heavy atom. The van der Waals surface area contributed by atoms with E-state index in [1.54, 1.807) is 6.07 Å². The molecule has 0 saturated heterocycles. The van der Waals surface area contributed by atoms with Crippen molar-refractivity contribution in [1.29, 1.82) is 0 Å². The summed E-state index contributed by atoms with van der Waals surface area (Å²) in [6, 6.07) is 3.02. The van der Waals surface area contributed by atoms with Crippen LogP contribution in [-0.2, 0) is 17.8 Å². The van der Waals surface area contributed by atoms with Gasteiger partial charge in [-0.15, -0.1) is 0 Å². The van der Waals surface area contributed by atoms with Crippen molar-refractivity contribution in [3.8, 4) is 5.75 Å². The van der Waals surface area contributed by atoms with Gasteiger partial charge in [0.25, 0.3) is 0 Å². The molecule has 140 valence electrons. The van der Waals surface area contributed by atoms with Crippen LogP contribution in [0.5, 0.6) is 5.75 Å². The quantitative estimate of drug-likeness (QED) is 0.429. The molecule has 0 aliphatic carbocycles. The topological polar surface area (TPSA) is 54.9 Å². The minimum Gasteiger partial charge on any atom is -0.467 e. The molecular weight excluding hydrogens is 321 g/mol. The van der Waals surface area contributed by atoms with Gasteiger partial charge in [-0.05, 0) is 49.8 Å². The molecule has 2 N–H and O–H groups in total. The molecule has 0 unspecified atom stereocenters. The van der Waals surface area contributed by atoms with Gasteiger partial charge in [0.1, 0.15) is 11.6 Å². The first kappa shape index (κ1) is 19.5. The number of benzene rings is 1. The van der Waals surface area contributed by atoms with Crippen molar-refractivity contribution in [2.45, 2.75) is 46.6 Å². The van der Waals surface area contributed by atoms with E-state index in [-0.39, 0.29) is 12.6 Å². The highest BCUT2D eigenvalue weighted by Gasteiger charge is 2.16. The highest BCUT2D eigenvalue weighted by molar-refractivity contribution is 5.79. The van der Waals surface area contributed by atoms with Gasteiger partial charge in [-0.3, -0.25) is 4.99 Å². The molecule has 25 heavy (non-hydrogen) atoms. The molecule has 0 spiro atoms.